The van der Waals surface area contributed by atoms with Crippen LogP contribution in [0.5, 0.6) is 0 Å². The second-order valence-electron chi connectivity index (χ2n) is 8.28. The van der Waals surface area contributed by atoms with Gasteiger partial charge in [0.2, 0.25) is 0 Å². The van der Waals surface area contributed by atoms with E-state index in [1.807, 2.05) is 0 Å². The molecule has 30 heavy (non-hydrogen) atoms. The van der Waals surface area contributed by atoms with Crippen molar-refractivity contribution in [3.8, 4) is 11.3 Å². The number of nitrogens with one attached hydrogen (secondary N) is 1. The molecule has 1 unspecified atom stereocenters. The molecule has 0 saturated carbocycles. The summed E-state index contributed by atoms with van der Waals surface area (Å²) in [6.07, 6.45) is 11.5. The van der Waals surface area contributed by atoms with E-state index in [0.717, 1.165) is 19.4 Å². The van der Waals surface area contributed by atoms with Crippen molar-refractivity contribution in [2.45, 2.75) is 25.3 Å². The number of fused-ring (bicyclic) bond motifs is 6. The van der Waals surface area contributed by atoms with Crippen LogP contribution in [0.3, 0.4) is 0 Å². The van der Waals surface area contributed by atoms with Gasteiger partial charge >= 0.3 is 0 Å². The third-order valence-electron chi connectivity index (χ3n) is 6.39. The highest BCUT2D eigenvalue weighted by Gasteiger charge is 2.26. The van der Waals surface area contributed by atoms with Gasteiger partial charge in [-0.1, -0.05) is 72.8 Å². The monoisotopic (exact) mass is 388 g/mol. The minimum atomic E-state index is 0.425. The van der Waals surface area contributed by atoms with Gasteiger partial charge in [0.1, 0.15) is 0 Å². The molecule has 6 rings (SSSR count). The standard InChI is InChI=1S/C28H24N2/c1-3-8-20(9-4-1)14-15-22-12-7-13-25-27(22)28-24-17-16-23(29-24)18-26(28)30(25)19-21-10-5-2-6-11-21/h1-13,16-18,22,29H,14-15,19H2. The van der Waals surface area contributed by atoms with Gasteiger partial charge in [-0.25, -0.2) is 0 Å². The summed E-state index contributed by atoms with van der Waals surface area (Å²) in [7, 11) is 0. The van der Waals surface area contributed by atoms with Gasteiger partial charge in [-0.05, 0) is 53.8 Å². The lowest BCUT2D eigenvalue weighted by molar-refractivity contribution is 0.707. The molecule has 0 radical (unpaired) electrons. The Balaban J connectivity index is 1.47. The van der Waals surface area contributed by atoms with E-state index in [-0.39, 0.29) is 0 Å². The number of hydrogen-bond donors (Lipinski definition) is 1. The van der Waals surface area contributed by atoms with E-state index in [1.165, 1.54) is 44.3 Å². The molecule has 2 heteroatoms. The average molecular weight is 389 g/mol. The molecule has 2 aromatic carbocycles. The van der Waals surface area contributed by atoms with E-state index < -0.39 is 0 Å². The van der Waals surface area contributed by atoms with Crippen LogP contribution in [0.25, 0.3) is 23.4 Å². The first-order valence-electron chi connectivity index (χ1n) is 10.8. The molecule has 0 amide bonds. The molecule has 0 fully saturated rings. The molecular weight excluding hydrogens is 364 g/mol. The predicted molar refractivity (Wildman–Crippen MR) is 124 cm³/mol. The average Bonchev–Trinajstić information content (AvgIpc) is 3.33. The van der Waals surface area contributed by atoms with Gasteiger partial charge in [0.25, 0.3) is 0 Å². The van der Waals surface area contributed by atoms with Crippen molar-refractivity contribution in [1.29, 1.82) is 0 Å². The summed E-state index contributed by atoms with van der Waals surface area (Å²) >= 11 is 0. The van der Waals surface area contributed by atoms with Crippen LogP contribution in [0.4, 0.5) is 0 Å². The Morgan fingerprint density at radius 2 is 1.57 bits per heavy atom. The SMILES string of the molecule is C1=CC(CCc2ccccc2)c2c3c(n(Cc4ccccc4)c2=C1)=Cc1ccc-3[nH]1. The first kappa shape index (κ1) is 17.3. The van der Waals surface area contributed by atoms with Crippen LogP contribution in [0.1, 0.15) is 34.7 Å². The summed E-state index contributed by atoms with van der Waals surface area (Å²) in [5.74, 6) is 0.425. The number of H-pyrrole nitrogens is 1. The van der Waals surface area contributed by atoms with E-state index >= 15 is 0 Å². The molecule has 2 aliphatic rings. The van der Waals surface area contributed by atoms with Crippen molar-refractivity contribution in [3.63, 3.8) is 0 Å². The minimum absolute atomic E-state index is 0.425. The molecule has 146 valence electrons. The fraction of sp³-hybridized carbons (Fsp3) is 0.143. The van der Waals surface area contributed by atoms with Gasteiger partial charge < -0.3 is 9.55 Å². The van der Waals surface area contributed by atoms with Crippen LogP contribution < -0.4 is 10.7 Å². The zero-order valence-electron chi connectivity index (χ0n) is 16.9. The number of rotatable bonds is 5. The Kier molecular flexibility index (Phi) is 4.09. The molecule has 1 aliphatic carbocycles. The lowest BCUT2D eigenvalue weighted by Gasteiger charge is -2.17. The fourth-order valence-electron chi connectivity index (χ4n) is 4.97. The van der Waals surface area contributed by atoms with Gasteiger partial charge in [-0.2, -0.15) is 0 Å². The van der Waals surface area contributed by atoms with Crippen LogP contribution in [0.15, 0.2) is 84.9 Å². The first-order chi connectivity index (χ1) is 14.9. The molecular formula is C28H24N2. The summed E-state index contributed by atoms with van der Waals surface area (Å²) in [5.41, 5.74) is 8.05. The maximum atomic E-state index is 3.58. The first-order valence-corrected chi connectivity index (χ1v) is 10.8. The predicted octanol–water partition coefficient (Wildman–Crippen LogP) is 4.74. The second-order valence-corrected chi connectivity index (χ2v) is 8.28. The second kappa shape index (κ2) is 7.07. The highest BCUT2D eigenvalue weighted by Crippen LogP contribution is 2.32. The lowest BCUT2D eigenvalue weighted by Crippen LogP contribution is -2.30. The van der Waals surface area contributed by atoms with E-state index in [0.29, 0.717) is 5.92 Å². The van der Waals surface area contributed by atoms with E-state index in [9.17, 15) is 0 Å². The molecule has 1 atom stereocenters. The number of hydrogen-bond acceptors (Lipinski definition) is 0. The number of aromatic nitrogens is 2. The van der Waals surface area contributed by atoms with Gasteiger partial charge in [-0.15, -0.1) is 0 Å². The minimum Gasteiger partial charge on any atom is -0.355 e. The third kappa shape index (κ3) is 2.88. The Labute approximate surface area is 176 Å². The largest absolute Gasteiger partial charge is 0.355 e. The molecule has 3 heterocycles. The Bertz CT molecular complexity index is 1350. The highest BCUT2D eigenvalue weighted by atomic mass is 15.0. The van der Waals surface area contributed by atoms with E-state index in [2.05, 4.69) is 107 Å². The van der Waals surface area contributed by atoms with Crippen LogP contribution in [0.2, 0.25) is 0 Å². The molecule has 2 aromatic heterocycles. The molecule has 0 spiro atoms. The Hall–Kier alpha value is -3.52. The Morgan fingerprint density at radius 1 is 0.800 bits per heavy atom. The van der Waals surface area contributed by atoms with Gasteiger partial charge in [0, 0.05) is 34.8 Å². The van der Waals surface area contributed by atoms with Gasteiger partial charge in [0.15, 0.2) is 0 Å². The Morgan fingerprint density at radius 3 is 2.37 bits per heavy atom. The summed E-state index contributed by atoms with van der Waals surface area (Å²) in [4.78, 5) is 3.58. The molecule has 0 saturated heterocycles. The number of benzene rings is 2. The van der Waals surface area contributed by atoms with Crippen molar-refractivity contribution in [2.24, 2.45) is 0 Å². The van der Waals surface area contributed by atoms with Crippen LogP contribution in [-0.4, -0.2) is 9.55 Å². The maximum Gasteiger partial charge on any atom is 0.0533 e. The highest BCUT2D eigenvalue weighted by molar-refractivity contribution is 5.75. The van der Waals surface area contributed by atoms with Crippen molar-refractivity contribution >= 4 is 12.2 Å². The number of allylic oxidation sites excluding steroid dienone is 2. The van der Waals surface area contributed by atoms with E-state index in [1.54, 1.807) is 0 Å². The number of aromatic amines is 1. The zero-order chi connectivity index (χ0) is 19.9. The summed E-state index contributed by atoms with van der Waals surface area (Å²) in [5, 5.41) is 2.69. The van der Waals surface area contributed by atoms with Crippen molar-refractivity contribution in [1.82, 2.24) is 9.55 Å². The zero-order valence-corrected chi connectivity index (χ0v) is 16.9. The molecule has 2 nitrogen and oxygen atoms in total. The smallest absolute Gasteiger partial charge is 0.0533 e. The molecule has 2 bridgehead atoms. The third-order valence-corrected chi connectivity index (χ3v) is 6.39. The lowest BCUT2D eigenvalue weighted by atomic mass is 9.87. The summed E-state index contributed by atoms with van der Waals surface area (Å²) in [6, 6.07) is 26.1. The van der Waals surface area contributed by atoms with Crippen LogP contribution in [-0.2, 0) is 13.0 Å². The van der Waals surface area contributed by atoms with Crippen molar-refractivity contribution in [2.75, 3.05) is 0 Å². The fourth-order valence-corrected chi connectivity index (χ4v) is 4.97. The summed E-state index contributed by atoms with van der Waals surface area (Å²) in [6.45, 7) is 0.894. The van der Waals surface area contributed by atoms with Crippen molar-refractivity contribution in [3.05, 3.63) is 118 Å². The van der Waals surface area contributed by atoms with Gasteiger partial charge in [0.05, 0.1) is 5.35 Å². The quantitative estimate of drug-likeness (QED) is 0.449. The molecule has 4 aromatic rings. The van der Waals surface area contributed by atoms with Crippen molar-refractivity contribution < 1.29 is 0 Å². The number of aryl methyl sites for hydroxylation is 1. The molecule has 1 N–H and O–H groups in total. The normalized spacial score (nSPS) is 15.8. The molecule has 1 aliphatic heterocycles. The van der Waals surface area contributed by atoms with Crippen LogP contribution in [0, 0.1) is 0 Å². The topological polar surface area (TPSA) is 20.7 Å². The maximum absolute atomic E-state index is 3.58. The summed E-state index contributed by atoms with van der Waals surface area (Å²) < 4.78 is 2.51. The van der Waals surface area contributed by atoms with Gasteiger partial charge in [-0.3, -0.25) is 0 Å². The number of nitrogens with zero attached hydrogens (tertiary/aromatic N) is 1. The van der Waals surface area contributed by atoms with E-state index in [4.69, 9.17) is 0 Å². The van der Waals surface area contributed by atoms with Crippen LogP contribution >= 0.6 is 0 Å².